The lowest BCUT2D eigenvalue weighted by Crippen LogP contribution is -2.40. The Morgan fingerprint density at radius 2 is 1.69 bits per heavy atom. The molecule has 0 unspecified atom stereocenters. The standard InChI is InChI=1S/C24H28N2O5S/c1-18-7-10-22(11-8-18)32(28,29)26(16-21-6-5-13-31-21)17-24(27)25(3)15-20-14-19(2)9-12-23(20)30-4/h5-14H,15-17H2,1-4H3. The minimum atomic E-state index is -3.91. The number of aryl methyl sites for hydroxylation is 2. The molecule has 0 N–H and O–H groups in total. The molecule has 7 nitrogen and oxygen atoms in total. The number of amides is 1. The summed E-state index contributed by atoms with van der Waals surface area (Å²) < 4.78 is 38.5. The van der Waals surface area contributed by atoms with Crippen LogP contribution < -0.4 is 4.74 Å². The van der Waals surface area contributed by atoms with Gasteiger partial charge in [-0.05, 0) is 44.2 Å². The number of rotatable bonds is 9. The van der Waals surface area contributed by atoms with Crippen molar-refractivity contribution < 1.29 is 22.4 Å². The van der Waals surface area contributed by atoms with E-state index in [1.807, 2.05) is 32.0 Å². The van der Waals surface area contributed by atoms with Crippen LogP contribution >= 0.6 is 0 Å². The summed E-state index contributed by atoms with van der Waals surface area (Å²) >= 11 is 0. The first-order valence-corrected chi connectivity index (χ1v) is 11.6. The van der Waals surface area contributed by atoms with Crippen LogP contribution in [-0.4, -0.2) is 44.2 Å². The molecular weight excluding hydrogens is 428 g/mol. The average molecular weight is 457 g/mol. The third-order valence-corrected chi connectivity index (χ3v) is 6.96. The van der Waals surface area contributed by atoms with Gasteiger partial charge in [0, 0.05) is 19.2 Å². The van der Waals surface area contributed by atoms with Crippen LogP contribution in [-0.2, 0) is 27.9 Å². The maximum atomic E-state index is 13.3. The molecule has 2 aromatic carbocycles. The Hall–Kier alpha value is -3.10. The third-order valence-electron chi connectivity index (χ3n) is 5.15. The van der Waals surface area contributed by atoms with Gasteiger partial charge in [0.25, 0.3) is 0 Å². The molecule has 3 rings (SSSR count). The van der Waals surface area contributed by atoms with E-state index in [1.165, 1.54) is 11.2 Å². The zero-order chi connectivity index (χ0) is 23.3. The Morgan fingerprint density at radius 3 is 2.31 bits per heavy atom. The Morgan fingerprint density at radius 1 is 1.00 bits per heavy atom. The first-order chi connectivity index (χ1) is 15.2. The van der Waals surface area contributed by atoms with Gasteiger partial charge in [0.1, 0.15) is 11.5 Å². The number of carbonyl (C=O) groups is 1. The van der Waals surface area contributed by atoms with E-state index in [-0.39, 0.29) is 23.9 Å². The van der Waals surface area contributed by atoms with Crippen LogP contribution in [0.15, 0.2) is 70.2 Å². The molecule has 0 saturated heterocycles. The second-order valence-corrected chi connectivity index (χ2v) is 9.67. The van der Waals surface area contributed by atoms with Crippen LogP contribution in [0.5, 0.6) is 5.75 Å². The van der Waals surface area contributed by atoms with E-state index < -0.39 is 10.0 Å². The predicted molar refractivity (Wildman–Crippen MR) is 122 cm³/mol. The van der Waals surface area contributed by atoms with E-state index in [2.05, 4.69) is 0 Å². The molecule has 0 radical (unpaired) electrons. The number of hydrogen-bond donors (Lipinski definition) is 0. The second kappa shape index (κ2) is 10.0. The van der Waals surface area contributed by atoms with Crippen LogP contribution in [0, 0.1) is 13.8 Å². The first-order valence-electron chi connectivity index (χ1n) is 10.2. The van der Waals surface area contributed by atoms with Gasteiger partial charge in [-0.25, -0.2) is 8.42 Å². The van der Waals surface area contributed by atoms with Crippen molar-refractivity contribution in [1.29, 1.82) is 0 Å². The molecule has 0 fully saturated rings. The lowest BCUT2D eigenvalue weighted by atomic mass is 10.1. The first kappa shape index (κ1) is 23.6. The quantitative estimate of drug-likeness (QED) is 0.490. The summed E-state index contributed by atoms with van der Waals surface area (Å²) in [5.41, 5.74) is 2.84. The van der Waals surface area contributed by atoms with E-state index in [4.69, 9.17) is 9.15 Å². The molecule has 170 valence electrons. The summed E-state index contributed by atoms with van der Waals surface area (Å²) in [6.45, 7) is 3.78. The Labute approximate surface area is 189 Å². The van der Waals surface area contributed by atoms with Gasteiger partial charge in [-0.3, -0.25) is 4.79 Å². The molecule has 0 bridgehead atoms. The molecule has 8 heteroatoms. The van der Waals surface area contributed by atoms with E-state index in [0.717, 1.165) is 21.0 Å². The minimum absolute atomic E-state index is 0.0451. The lowest BCUT2D eigenvalue weighted by Gasteiger charge is -2.25. The maximum absolute atomic E-state index is 13.3. The van der Waals surface area contributed by atoms with Gasteiger partial charge in [0.15, 0.2) is 0 Å². The number of nitrogens with zero attached hydrogens (tertiary/aromatic N) is 2. The minimum Gasteiger partial charge on any atom is -0.496 e. The average Bonchev–Trinajstić information content (AvgIpc) is 3.27. The fourth-order valence-electron chi connectivity index (χ4n) is 3.31. The Kier molecular flexibility index (Phi) is 7.37. The topological polar surface area (TPSA) is 80.1 Å². The zero-order valence-corrected chi connectivity index (χ0v) is 19.6. The lowest BCUT2D eigenvalue weighted by molar-refractivity contribution is -0.130. The Bertz CT molecular complexity index is 1160. The number of benzene rings is 2. The van der Waals surface area contributed by atoms with E-state index in [9.17, 15) is 13.2 Å². The highest BCUT2D eigenvalue weighted by Crippen LogP contribution is 2.22. The Balaban J connectivity index is 1.83. The highest BCUT2D eigenvalue weighted by atomic mass is 32.2. The SMILES string of the molecule is COc1ccc(C)cc1CN(C)C(=O)CN(Cc1ccco1)S(=O)(=O)c1ccc(C)cc1. The van der Waals surface area contributed by atoms with Crippen molar-refractivity contribution >= 4 is 15.9 Å². The van der Waals surface area contributed by atoms with Gasteiger partial charge in [0.05, 0.1) is 31.4 Å². The van der Waals surface area contributed by atoms with Crippen LogP contribution in [0.2, 0.25) is 0 Å². The van der Waals surface area contributed by atoms with Gasteiger partial charge >= 0.3 is 0 Å². The summed E-state index contributed by atoms with van der Waals surface area (Å²) in [7, 11) is -0.689. The predicted octanol–water partition coefficient (Wildman–Crippen LogP) is 3.75. The normalized spacial score (nSPS) is 11.5. The number of sulfonamides is 1. The molecule has 0 spiro atoms. The molecule has 0 aliphatic carbocycles. The molecule has 3 aromatic rings. The van der Waals surface area contributed by atoms with Gasteiger partial charge in [-0.2, -0.15) is 4.31 Å². The molecule has 1 aromatic heterocycles. The number of carbonyl (C=O) groups excluding carboxylic acids is 1. The molecule has 1 amide bonds. The second-order valence-electron chi connectivity index (χ2n) is 7.73. The van der Waals surface area contributed by atoms with Crippen molar-refractivity contribution in [3.8, 4) is 5.75 Å². The fourth-order valence-corrected chi connectivity index (χ4v) is 4.66. The van der Waals surface area contributed by atoms with Crippen molar-refractivity contribution in [2.24, 2.45) is 0 Å². The molecule has 0 aliphatic rings. The van der Waals surface area contributed by atoms with Crippen molar-refractivity contribution in [2.75, 3.05) is 20.7 Å². The molecular formula is C24H28N2O5S. The van der Waals surface area contributed by atoms with E-state index >= 15 is 0 Å². The van der Waals surface area contributed by atoms with E-state index in [1.54, 1.807) is 50.6 Å². The summed E-state index contributed by atoms with van der Waals surface area (Å²) in [5.74, 6) is 0.794. The maximum Gasteiger partial charge on any atom is 0.243 e. The van der Waals surface area contributed by atoms with Crippen molar-refractivity contribution in [1.82, 2.24) is 9.21 Å². The van der Waals surface area contributed by atoms with Crippen molar-refractivity contribution in [3.05, 3.63) is 83.3 Å². The van der Waals surface area contributed by atoms with Crippen molar-refractivity contribution in [2.45, 2.75) is 31.8 Å². The highest BCUT2D eigenvalue weighted by molar-refractivity contribution is 7.89. The number of likely N-dealkylation sites (N-methyl/N-ethyl adjacent to an activating group) is 1. The van der Waals surface area contributed by atoms with Gasteiger partial charge < -0.3 is 14.1 Å². The zero-order valence-electron chi connectivity index (χ0n) is 18.7. The number of hydrogen-bond acceptors (Lipinski definition) is 5. The van der Waals surface area contributed by atoms with Gasteiger partial charge in [-0.15, -0.1) is 0 Å². The number of furan rings is 1. The summed E-state index contributed by atoms with van der Waals surface area (Å²) in [4.78, 5) is 14.7. The van der Waals surface area contributed by atoms with E-state index in [0.29, 0.717) is 18.1 Å². The third kappa shape index (κ3) is 5.57. The molecule has 1 heterocycles. The molecule has 0 aliphatic heterocycles. The van der Waals surface area contributed by atoms with Crippen LogP contribution in [0.3, 0.4) is 0 Å². The monoisotopic (exact) mass is 456 g/mol. The summed E-state index contributed by atoms with van der Waals surface area (Å²) in [5, 5.41) is 0. The molecule has 0 saturated carbocycles. The smallest absolute Gasteiger partial charge is 0.243 e. The highest BCUT2D eigenvalue weighted by Gasteiger charge is 2.29. The van der Waals surface area contributed by atoms with Gasteiger partial charge in [0.2, 0.25) is 15.9 Å². The summed E-state index contributed by atoms with van der Waals surface area (Å²) in [6, 6.07) is 15.7. The van der Waals surface area contributed by atoms with Gasteiger partial charge in [-0.1, -0.05) is 35.4 Å². The summed E-state index contributed by atoms with van der Waals surface area (Å²) in [6.07, 6.45) is 1.48. The molecule has 0 atom stereocenters. The number of ether oxygens (including phenoxy) is 1. The number of methoxy groups -OCH3 is 1. The van der Waals surface area contributed by atoms with Crippen molar-refractivity contribution in [3.63, 3.8) is 0 Å². The fraction of sp³-hybridized carbons (Fsp3) is 0.292. The van der Waals surface area contributed by atoms with Crippen LogP contribution in [0.4, 0.5) is 0 Å². The molecule has 32 heavy (non-hydrogen) atoms. The van der Waals surface area contributed by atoms with Crippen LogP contribution in [0.1, 0.15) is 22.5 Å². The van der Waals surface area contributed by atoms with Crippen LogP contribution in [0.25, 0.3) is 0 Å². The largest absolute Gasteiger partial charge is 0.496 e.